The zero-order chi connectivity index (χ0) is 14.5. The van der Waals surface area contributed by atoms with E-state index in [1.54, 1.807) is 16.7 Å². The highest BCUT2D eigenvalue weighted by Crippen LogP contribution is 2.27. The largest absolute Gasteiger partial charge is 0.481 e. The van der Waals surface area contributed by atoms with E-state index in [-0.39, 0.29) is 18.2 Å². The minimum absolute atomic E-state index is 0.0891. The van der Waals surface area contributed by atoms with Crippen molar-refractivity contribution < 1.29 is 14.7 Å². The number of likely N-dealkylation sites (tertiary alicyclic amines) is 1. The number of carbonyl (C=O) groups is 2. The molecule has 1 aromatic carbocycles. The van der Waals surface area contributed by atoms with E-state index >= 15 is 0 Å². The van der Waals surface area contributed by atoms with Crippen molar-refractivity contribution in [1.82, 2.24) is 4.90 Å². The topological polar surface area (TPSA) is 57.6 Å². The first kappa shape index (κ1) is 15.2. The molecule has 1 heterocycles. The van der Waals surface area contributed by atoms with E-state index in [2.05, 4.69) is 0 Å². The van der Waals surface area contributed by atoms with Crippen LogP contribution in [0.15, 0.2) is 29.2 Å². The maximum Gasteiger partial charge on any atom is 0.303 e. The molecule has 0 aromatic heterocycles. The Bertz CT molecular complexity index is 503. The van der Waals surface area contributed by atoms with Gasteiger partial charge in [-0.05, 0) is 12.1 Å². The lowest BCUT2D eigenvalue weighted by molar-refractivity contribution is -0.144. The summed E-state index contributed by atoms with van der Waals surface area (Å²) in [5.74, 6) is 0.0955. The SMILES string of the molecule is O=C(O)CC1CN(C(=O)CCSc2ccccc2Cl)C1. The fourth-order valence-corrected chi connectivity index (χ4v) is 3.29. The third kappa shape index (κ3) is 4.15. The summed E-state index contributed by atoms with van der Waals surface area (Å²) in [6.07, 6.45) is 0.605. The minimum atomic E-state index is -0.795. The summed E-state index contributed by atoms with van der Waals surface area (Å²) in [6.45, 7) is 1.14. The van der Waals surface area contributed by atoms with Gasteiger partial charge in [-0.1, -0.05) is 23.7 Å². The molecule has 0 bridgehead atoms. The van der Waals surface area contributed by atoms with Crippen LogP contribution in [0.2, 0.25) is 5.02 Å². The Hall–Kier alpha value is -1.20. The lowest BCUT2D eigenvalue weighted by atomic mass is 9.96. The number of benzene rings is 1. The molecule has 1 aromatic rings. The number of aliphatic carboxylic acids is 1. The Labute approximate surface area is 127 Å². The van der Waals surface area contributed by atoms with Gasteiger partial charge in [0.15, 0.2) is 0 Å². The van der Waals surface area contributed by atoms with Crippen LogP contribution in [-0.2, 0) is 9.59 Å². The molecule has 0 spiro atoms. The van der Waals surface area contributed by atoms with E-state index in [0.29, 0.717) is 30.3 Å². The van der Waals surface area contributed by atoms with Crippen molar-refractivity contribution in [1.29, 1.82) is 0 Å². The van der Waals surface area contributed by atoms with Crippen molar-refractivity contribution in [2.45, 2.75) is 17.7 Å². The smallest absolute Gasteiger partial charge is 0.303 e. The zero-order valence-electron chi connectivity index (χ0n) is 10.9. The number of amides is 1. The Morgan fingerprint density at radius 3 is 2.70 bits per heavy atom. The molecule has 4 nitrogen and oxygen atoms in total. The van der Waals surface area contributed by atoms with Crippen molar-refractivity contribution in [3.63, 3.8) is 0 Å². The molecule has 6 heteroatoms. The van der Waals surface area contributed by atoms with Crippen LogP contribution in [0.3, 0.4) is 0 Å². The van der Waals surface area contributed by atoms with Crippen LogP contribution in [0.5, 0.6) is 0 Å². The molecule has 1 aliphatic heterocycles. The first-order valence-corrected chi connectivity index (χ1v) is 7.79. The van der Waals surface area contributed by atoms with Gasteiger partial charge in [-0.3, -0.25) is 9.59 Å². The number of halogens is 1. The van der Waals surface area contributed by atoms with Gasteiger partial charge in [-0.15, -0.1) is 11.8 Å². The predicted octanol–water partition coefficient (Wildman–Crippen LogP) is 2.76. The summed E-state index contributed by atoms with van der Waals surface area (Å²) in [6, 6.07) is 7.56. The van der Waals surface area contributed by atoms with E-state index in [1.165, 1.54) is 0 Å². The van der Waals surface area contributed by atoms with Gasteiger partial charge < -0.3 is 10.0 Å². The number of rotatable bonds is 6. The third-order valence-corrected chi connectivity index (χ3v) is 4.70. The van der Waals surface area contributed by atoms with Crippen LogP contribution in [0, 0.1) is 5.92 Å². The fraction of sp³-hybridized carbons (Fsp3) is 0.429. The Kier molecular flexibility index (Phi) is 5.31. The summed E-state index contributed by atoms with van der Waals surface area (Å²) < 4.78 is 0. The molecular formula is C14H16ClNO3S. The Morgan fingerprint density at radius 1 is 1.35 bits per heavy atom. The molecule has 0 aliphatic carbocycles. The number of nitrogens with zero attached hydrogens (tertiary/aromatic N) is 1. The molecule has 0 unspecified atom stereocenters. The molecule has 1 N–H and O–H groups in total. The van der Waals surface area contributed by atoms with Crippen LogP contribution in [0.25, 0.3) is 0 Å². The molecule has 2 rings (SSSR count). The predicted molar refractivity (Wildman–Crippen MR) is 79.1 cm³/mol. The van der Waals surface area contributed by atoms with E-state index in [9.17, 15) is 9.59 Å². The van der Waals surface area contributed by atoms with Crippen molar-refractivity contribution in [2.75, 3.05) is 18.8 Å². The van der Waals surface area contributed by atoms with Crippen molar-refractivity contribution in [2.24, 2.45) is 5.92 Å². The summed E-state index contributed by atoms with van der Waals surface area (Å²) >= 11 is 7.60. The van der Waals surface area contributed by atoms with E-state index in [1.807, 2.05) is 24.3 Å². The quantitative estimate of drug-likeness (QED) is 0.820. The molecule has 20 heavy (non-hydrogen) atoms. The van der Waals surface area contributed by atoms with E-state index in [4.69, 9.17) is 16.7 Å². The highest BCUT2D eigenvalue weighted by molar-refractivity contribution is 7.99. The molecule has 1 amide bonds. The highest BCUT2D eigenvalue weighted by atomic mass is 35.5. The molecule has 1 saturated heterocycles. The van der Waals surface area contributed by atoms with Gasteiger partial charge >= 0.3 is 5.97 Å². The average molecular weight is 314 g/mol. The number of thioether (sulfide) groups is 1. The lowest BCUT2D eigenvalue weighted by Gasteiger charge is -2.38. The number of hydrogen-bond donors (Lipinski definition) is 1. The van der Waals surface area contributed by atoms with Crippen molar-refractivity contribution in [3.8, 4) is 0 Å². The third-order valence-electron chi connectivity index (χ3n) is 3.18. The number of carbonyl (C=O) groups excluding carboxylic acids is 1. The van der Waals surface area contributed by atoms with Crippen LogP contribution < -0.4 is 0 Å². The van der Waals surface area contributed by atoms with Gasteiger partial charge in [0.05, 0.1) is 11.4 Å². The molecule has 0 radical (unpaired) electrons. The second-order valence-corrected chi connectivity index (χ2v) is 6.34. The standard InChI is InChI=1S/C14H16ClNO3S/c15-11-3-1-2-4-12(11)20-6-5-13(17)16-8-10(9-16)7-14(18)19/h1-4,10H,5-9H2,(H,18,19). The van der Waals surface area contributed by atoms with Gasteiger partial charge in [0, 0.05) is 36.1 Å². The zero-order valence-corrected chi connectivity index (χ0v) is 12.5. The fourth-order valence-electron chi connectivity index (χ4n) is 2.12. The molecule has 1 fully saturated rings. The monoisotopic (exact) mass is 313 g/mol. The molecule has 0 saturated carbocycles. The van der Waals surface area contributed by atoms with E-state index < -0.39 is 5.97 Å². The van der Waals surface area contributed by atoms with Crippen molar-refractivity contribution in [3.05, 3.63) is 29.3 Å². The van der Waals surface area contributed by atoms with Gasteiger partial charge in [-0.2, -0.15) is 0 Å². The lowest BCUT2D eigenvalue weighted by Crippen LogP contribution is -2.50. The van der Waals surface area contributed by atoms with E-state index in [0.717, 1.165) is 4.90 Å². The minimum Gasteiger partial charge on any atom is -0.481 e. The summed E-state index contributed by atoms with van der Waals surface area (Å²) in [7, 11) is 0. The maximum absolute atomic E-state index is 11.9. The summed E-state index contributed by atoms with van der Waals surface area (Å²) in [5.41, 5.74) is 0. The summed E-state index contributed by atoms with van der Waals surface area (Å²) in [5, 5.41) is 9.35. The van der Waals surface area contributed by atoms with Gasteiger partial charge in [-0.25, -0.2) is 0 Å². The first-order chi connectivity index (χ1) is 9.56. The highest BCUT2D eigenvalue weighted by Gasteiger charge is 2.31. The van der Waals surface area contributed by atoms with Crippen molar-refractivity contribution >= 4 is 35.2 Å². The molecule has 0 atom stereocenters. The molecular weight excluding hydrogens is 298 g/mol. The molecule has 1 aliphatic rings. The Morgan fingerprint density at radius 2 is 2.05 bits per heavy atom. The second-order valence-electron chi connectivity index (χ2n) is 4.79. The number of hydrogen-bond acceptors (Lipinski definition) is 3. The first-order valence-electron chi connectivity index (χ1n) is 6.43. The Balaban J connectivity index is 1.67. The van der Waals surface area contributed by atoms with Crippen LogP contribution in [-0.4, -0.2) is 40.7 Å². The molecule has 108 valence electrons. The van der Waals surface area contributed by atoms with Gasteiger partial charge in [0.2, 0.25) is 5.91 Å². The van der Waals surface area contributed by atoms with Gasteiger partial charge in [0.25, 0.3) is 0 Å². The van der Waals surface area contributed by atoms with Crippen LogP contribution in [0.4, 0.5) is 0 Å². The van der Waals surface area contributed by atoms with Gasteiger partial charge in [0.1, 0.15) is 0 Å². The normalized spacial score (nSPS) is 14.9. The maximum atomic E-state index is 11.9. The summed E-state index contributed by atoms with van der Waals surface area (Å²) in [4.78, 5) is 25.1. The second kappa shape index (κ2) is 6.99. The van der Waals surface area contributed by atoms with Crippen LogP contribution >= 0.6 is 23.4 Å². The number of carboxylic acid groups (broad SMARTS) is 1. The number of carboxylic acids is 1. The average Bonchev–Trinajstić information content (AvgIpc) is 2.35. The van der Waals surface area contributed by atoms with Crippen LogP contribution in [0.1, 0.15) is 12.8 Å².